The molecular formula is C16H27ClN4O3. The van der Waals surface area contributed by atoms with Gasteiger partial charge < -0.3 is 16.4 Å². The van der Waals surface area contributed by atoms with Gasteiger partial charge in [0.15, 0.2) is 0 Å². The van der Waals surface area contributed by atoms with Crippen LogP contribution < -0.4 is 16.4 Å². The summed E-state index contributed by atoms with van der Waals surface area (Å²) in [6.07, 6.45) is 5.38. The summed E-state index contributed by atoms with van der Waals surface area (Å²) < 4.78 is 0. The van der Waals surface area contributed by atoms with E-state index in [2.05, 4.69) is 17.6 Å². The number of nitrogens with zero attached hydrogens (tertiary/aromatic N) is 1. The van der Waals surface area contributed by atoms with Gasteiger partial charge in [-0.15, -0.1) is 12.4 Å². The Bertz CT molecular complexity index is 515. The minimum atomic E-state index is -0.783. The molecule has 0 aromatic heterocycles. The molecule has 7 nitrogen and oxygen atoms in total. The molecule has 0 aromatic carbocycles. The topological polar surface area (TPSA) is 105 Å². The number of carbonyl (C=O) groups is 3. The molecule has 8 heteroatoms. The Morgan fingerprint density at radius 3 is 2.54 bits per heavy atom. The quantitative estimate of drug-likeness (QED) is 0.631. The highest BCUT2D eigenvalue weighted by Gasteiger charge is 2.52. The molecule has 2 aliphatic carbocycles. The van der Waals surface area contributed by atoms with Gasteiger partial charge in [-0.05, 0) is 50.4 Å². The summed E-state index contributed by atoms with van der Waals surface area (Å²) in [5.41, 5.74) is 5.16. The first-order chi connectivity index (χ1) is 10.9. The summed E-state index contributed by atoms with van der Waals surface area (Å²) >= 11 is 0. The van der Waals surface area contributed by atoms with Crippen molar-refractivity contribution < 1.29 is 14.4 Å². The molecule has 3 rings (SSSR count). The summed E-state index contributed by atoms with van der Waals surface area (Å²) in [4.78, 5) is 37.8. The van der Waals surface area contributed by atoms with Gasteiger partial charge in [0.25, 0.3) is 5.91 Å². The van der Waals surface area contributed by atoms with Gasteiger partial charge in [0.2, 0.25) is 5.91 Å². The van der Waals surface area contributed by atoms with E-state index in [9.17, 15) is 14.4 Å². The number of urea groups is 1. The second-order valence-corrected chi connectivity index (χ2v) is 7.39. The first kappa shape index (κ1) is 19.0. The summed E-state index contributed by atoms with van der Waals surface area (Å²) in [5, 5.41) is 5.55. The molecule has 4 amide bonds. The lowest BCUT2D eigenvalue weighted by atomic mass is 9.77. The Balaban J connectivity index is 0.00000208. The third-order valence-electron chi connectivity index (χ3n) is 5.44. The third kappa shape index (κ3) is 3.83. The number of nitrogens with one attached hydrogen (secondary N) is 2. The van der Waals surface area contributed by atoms with E-state index in [1.54, 1.807) is 0 Å². The van der Waals surface area contributed by atoms with Gasteiger partial charge in [0.1, 0.15) is 12.1 Å². The Morgan fingerprint density at radius 2 is 1.96 bits per heavy atom. The van der Waals surface area contributed by atoms with Crippen molar-refractivity contribution in [3.8, 4) is 0 Å². The van der Waals surface area contributed by atoms with Crippen molar-refractivity contribution in [3.05, 3.63) is 0 Å². The second kappa shape index (κ2) is 7.27. The third-order valence-corrected chi connectivity index (χ3v) is 5.44. The fourth-order valence-corrected chi connectivity index (χ4v) is 3.54. The SMILES string of the molecule is CC1CCC2(CC1)NC(=O)N(CC(=O)NCC(N)C1CC1)C2=O.Cl. The molecule has 3 fully saturated rings. The van der Waals surface area contributed by atoms with Gasteiger partial charge in [-0.25, -0.2) is 4.79 Å². The van der Waals surface area contributed by atoms with E-state index in [-0.39, 0.29) is 36.8 Å². The lowest BCUT2D eigenvalue weighted by Gasteiger charge is -2.33. The Labute approximate surface area is 148 Å². The zero-order valence-electron chi connectivity index (χ0n) is 14.0. The van der Waals surface area contributed by atoms with Crippen LogP contribution in [0.15, 0.2) is 0 Å². The molecule has 1 heterocycles. The van der Waals surface area contributed by atoms with Crippen LogP contribution in [0.3, 0.4) is 0 Å². The molecule has 0 aromatic rings. The van der Waals surface area contributed by atoms with Crippen molar-refractivity contribution in [2.24, 2.45) is 17.6 Å². The number of carbonyl (C=O) groups excluding carboxylic acids is 3. The lowest BCUT2D eigenvalue weighted by Crippen LogP contribution is -2.50. The highest BCUT2D eigenvalue weighted by Crippen LogP contribution is 2.36. The van der Waals surface area contributed by atoms with Gasteiger partial charge in [0.05, 0.1) is 0 Å². The molecule has 1 atom stereocenters. The highest BCUT2D eigenvalue weighted by atomic mass is 35.5. The number of amides is 4. The van der Waals surface area contributed by atoms with E-state index in [0.29, 0.717) is 31.2 Å². The molecule has 136 valence electrons. The van der Waals surface area contributed by atoms with Crippen LogP contribution in [0.5, 0.6) is 0 Å². The molecular weight excluding hydrogens is 332 g/mol. The highest BCUT2D eigenvalue weighted by molar-refractivity contribution is 6.09. The largest absolute Gasteiger partial charge is 0.353 e. The fourth-order valence-electron chi connectivity index (χ4n) is 3.54. The van der Waals surface area contributed by atoms with Crippen LogP contribution in [-0.2, 0) is 9.59 Å². The van der Waals surface area contributed by atoms with Gasteiger partial charge in [-0.3, -0.25) is 14.5 Å². The second-order valence-electron chi connectivity index (χ2n) is 7.39. The normalized spacial score (nSPS) is 30.8. The number of rotatable bonds is 5. The van der Waals surface area contributed by atoms with Crippen molar-refractivity contribution in [2.45, 2.75) is 57.0 Å². The van der Waals surface area contributed by atoms with Crippen LogP contribution in [0.2, 0.25) is 0 Å². The number of hydrogen-bond acceptors (Lipinski definition) is 4. The van der Waals surface area contributed by atoms with Crippen molar-refractivity contribution >= 4 is 30.3 Å². The molecule has 3 aliphatic rings. The summed E-state index contributed by atoms with van der Waals surface area (Å²) in [6.45, 7) is 2.33. The Morgan fingerprint density at radius 1 is 1.33 bits per heavy atom. The molecule has 24 heavy (non-hydrogen) atoms. The maximum Gasteiger partial charge on any atom is 0.325 e. The van der Waals surface area contributed by atoms with Gasteiger partial charge in [-0.2, -0.15) is 0 Å². The Kier molecular flexibility index (Phi) is 5.75. The molecule has 0 bridgehead atoms. The lowest BCUT2D eigenvalue weighted by molar-refractivity contribution is -0.136. The number of nitrogens with two attached hydrogens (primary N) is 1. The van der Waals surface area contributed by atoms with Crippen molar-refractivity contribution in [1.29, 1.82) is 0 Å². The van der Waals surface area contributed by atoms with Gasteiger partial charge in [0, 0.05) is 12.6 Å². The average Bonchev–Trinajstić information content (AvgIpc) is 3.33. The number of imide groups is 1. The Hall–Kier alpha value is -1.34. The van der Waals surface area contributed by atoms with Gasteiger partial charge in [-0.1, -0.05) is 6.92 Å². The van der Waals surface area contributed by atoms with Crippen LogP contribution in [0, 0.1) is 11.8 Å². The maximum atomic E-state index is 12.6. The summed E-state index contributed by atoms with van der Waals surface area (Å²) in [7, 11) is 0. The van der Waals surface area contributed by atoms with Crippen molar-refractivity contribution in [3.63, 3.8) is 0 Å². The van der Waals surface area contributed by atoms with E-state index in [0.717, 1.165) is 30.6 Å². The number of halogens is 1. The zero-order valence-corrected chi connectivity index (χ0v) is 14.9. The smallest absolute Gasteiger partial charge is 0.325 e. The predicted molar refractivity (Wildman–Crippen MR) is 91.6 cm³/mol. The predicted octanol–water partition coefficient (Wildman–Crippen LogP) is 0.762. The fraction of sp³-hybridized carbons (Fsp3) is 0.812. The minimum absolute atomic E-state index is 0. The summed E-state index contributed by atoms with van der Waals surface area (Å²) in [5.74, 6) is 0.493. The maximum absolute atomic E-state index is 12.6. The average molecular weight is 359 g/mol. The van der Waals surface area contributed by atoms with Crippen molar-refractivity contribution in [1.82, 2.24) is 15.5 Å². The van der Waals surface area contributed by atoms with Crippen LogP contribution in [0.4, 0.5) is 4.79 Å². The summed E-state index contributed by atoms with van der Waals surface area (Å²) in [6, 6.07) is -0.487. The van der Waals surface area contributed by atoms with Crippen LogP contribution in [-0.4, -0.2) is 47.4 Å². The molecule has 1 saturated heterocycles. The van der Waals surface area contributed by atoms with Crippen LogP contribution in [0.25, 0.3) is 0 Å². The molecule has 1 aliphatic heterocycles. The molecule has 4 N–H and O–H groups in total. The van der Waals surface area contributed by atoms with E-state index >= 15 is 0 Å². The standard InChI is InChI=1S/C16H26N4O3.ClH/c1-10-4-6-16(7-5-10)14(22)20(15(23)19-16)9-13(21)18-8-12(17)11-2-3-11;/h10-12H,2-9,17H2,1H3,(H,18,21)(H,19,23);1H. The molecule has 0 radical (unpaired) electrons. The minimum Gasteiger partial charge on any atom is -0.353 e. The molecule has 1 unspecified atom stereocenters. The zero-order chi connectivity index (χ0) is 16.6. The molecule has 1 spiro atoms. The number of hydrogen-bond donors (Lipinski definition) is 3. The monoisotopic (exact) mass is 358 g/mol. The van der Waals surface area contributed by atoms with E-state index < -0.39 is 11.6 Å². The van der Waals surface area contributed by atoms with Crippen LogP contribution in [0.1, 0.15) is 45.4 Å². The van der Waals surface area contributed by atoms with Crippen LogP contribution >= 0.6 is 12.4 Å². The van der Waals surface area contributed by atoms with Gasteiger partial charge >= 0.3 is 6.03 Å². The van der Waals surface area contributed by atoms with Crippen molar-refractivity contribution in [2.75, 3.05) is 13.1 Å². The van der Waals surface area contributed by atoms with E-state index in [1.165, 1.54) is 0 Å². The molecule has 2 saturated carbocycles. The van der Waals surface area contributed by atoms with E-state index in [1.807, 2.05) is 0 Å². The first-order valence-corrected chi connectivity index (χ1v) is 8.58. The first-order valence-electron chi connectivity index (χ1n) is 8.58. The van der Waals surface area contributed by atoms with E-state index in [4.69, 9.17) is 5.73 Å².